The molecule has 1 aliphatic carbocycles. The molecule has 0 aliphatic heterocycles. The monoisotopic (exact) mass is 254 g/mol. The van der Waals surface area contributed by atoms with Gasteiger partial charge in [-0.3, -0.25) is 4.90 Å². The number of nitrogens with zero attached hydrogens (tertiary/aromatic N) is 3. The Morgan fingerprint density at radius 1 is 1.47 bits per heavy atom. The van der Waals surface area contributed by atoms with E-state index in [4.69, 9.17) is 0 Å². The highest BCUT2D eigenvalue weighted by molar-refractivity contribution is 7.05. The van der Waals surface area contributed by atoms with Crippen molar-refractivity contribution in [3.63, 3.8) is 0 Å². The highest BCUT2D eigenvalue weighted by Gasteiger charge is 2.20. The fraction of sp³-hybridized carbons (Fsp3) is 0.833. The third-order valence-electron chi connectivity index (χ3n) is 3.05. The van der Waals surface area contributed by atoms with E-state index in [1.165, 1.54) is 29.3 Å². The maximum absolute atomic E-state index is 4.21. The number of nitrogens with one attached hydrogen (secondary N) is 1. The average Bonchev–Trinajstić information content (AvgIpc) is 2.96. The van der Waals surface area contributed by atoms with E-state index in [2.05, 4.69) is 40.7 Å². The van der Waals surface area contributed by atoms with Gasteiger partial charge in [-0.25, -0.2) is 0 Å². The lowest BCUT2D eigenvalue weighted by molar-refractivity contribution is 0.325. The smallest absolute Gasteiger partial charge is 0.0826 e. The van der Waals surface area contributed by atoms with Gasteiger partial charge in [0.25, 0.3) is 0 Å². The number of hydrogen-bond donors (Lipinski definition) is 1. The average molecular weight is 254 g/mol. The molecule has 1 saturated carbocycles. The largest absolute Gasteiger partial charge is 0.313 e. The van der Waals surface area contributed by atoms with Crippen LogP contribution >= 0.6 is 11.5 Å². The van der Waals surface area contributed by atoms with E-state index in [0.29, 0.717) is 5.92 Å². The summed E-state index contributed by atoms with van der Waals surface area (Å²) < 4.78 is 4.06. The molecule has 0 saturated heterocycles. The lowest BCUT2D eigenvalue weighted by Crippen LogP contribution is -2.30. The van der Waals surface area contributed by atoms with E-state index >= 15 is 0 Å². The molecule has 1 aliphatic rings. The molecular formula is C12H22N4S. The molecule has 0 atom stereocenters. The first-order chi connectivity index (χ1) is 8.16. The Labute approximate surface area is 108 Å². The van der Waals surface area contributed by atoms with Gasteiger partial charge in [-0.15, -0.1) is 5.10 Å². The molecule has 0 spiro atoms. The molecule has 2 rings (SSSR count). The number of hydrogen-bond acceptors (Lipinski definition) is 5. The molecule has 0 amide bonds. The summed E-state index contributed by atoms with van der Waals surface area (Å²) in [4.78, 5) is 3.66. The van der Waals surface area contributed by atoms with Gasteiger partial charge in [0.1, 0.15) is 0 Å². The zero-order chi connectivity index (χ0) is 12.3. The Bertz CT molecular complexity index is 346. The molecule has 17 heavy (non-hydrogen) atoms. The van der Waals surface area contributed by atoms with Crippen LogP contribution in [0.4, 0.5) is 0 Å². The molecule has 5 heteroatoms. The van der Waals surface area contributed by atoms with Gasteiger partial charge in [0, 0.05) is 25.7 Å². The normalized spacial score (nSPS) is 16.1. The van der Waals surface area contributed by atoms with Crippen LogP contribution in [0.25, 0.3) is 0 Å². The Morgan fingerprint density at radius 3 is 2.88 bits per heavy atom. The second-order valence-electron chi connectivity index (χ2n) is 5.20. The summed E-state index contributed by atoms with van der Waals surface area (Å²) in [5.41, 5.74) is 1.16. The molecule has 0 unspecified atom stereocenters. The maximum atomic E-state index is 4.21. The van der Waals surface area contributed by atoms with Crippen LogP contribution in [0.1, 0.15) is 43.2 Å². The molecule has 1 aromatic heterocycles. The van der Waals surface area contributed by atoms with Crippen LogP contribution in [0.3, 0.4) is 0 Å². The van der Waals surface area contributed by atoms with Gasteiger partial charge in [0.05, 0.1) is 10.6 Å². The molecule has 0 radical (unpaired) electrons. The minimum absolute atomic E-state index is 0.474. The van der Waals surface area contributed by atoms with Crippen molar-refractivity contribution in [1.82, 2.24) is 19.8 Å². The topological polar surface area (TPSA) is 41.1 Å². The number of aromatic nitrogens is 2. The van der Waals surface area contributed by atoms with E-state index in [-0.39, 0.29) is 0 Å². The minimum Gasteiger partial charge on any atom is -0.313 e. The Hall–Kier alpha value is -0.520. The molecule has 1 N–H and O–H groups in total. The Kier molecular flexibility index (Phi) is 4.48. The Morgan fingerprint density at radius 2 is 2.24 bits per heavy atom. The molecular weight excluding hydrogens is 232 g/mol. The summed E-state index contributed by atoms with van der Waals surface area (Å²) in [6.07, 6.45) is 2.72. The maximum Gasteiger partial charge on any atom is 0.0826 e. The van der Waals surface area contributed by atoms with Crippen molar-refractivity contribution in [2.45, 2.75) is 45.2 Å². The SMILES string of the molecule is CC(C)c1nnsc1CN(C)CCNC1CC1. The van der Waals surface area contributed by atoms with Gasteiger partial charge >= 0.3 is 0 Å². The van der Waals surface area contributed by atoms with E-state index < -0.39 is 0 Å². The minimum atomic E-state index is 0.474. The summed E-state index contributed by atoms with van der Waals surface area (Å²) in [5, 5.41) is 7.75. The highest BCUT2D eigenvalue weighted by Crippen LogP contribution is 2.21. The van der Waals surface area contributed by atoms with Crippen LogP contribution in [0, 0.1) is 0 Å². The van der Waals surface area contributed by atoms with Crippen molar-refractivity contribution in [2.24, 2.45) is 0 Å². The summed E-state index contributed by atoms with van der Waals surface area (Å²) in [6.45, 7) is 7.50. The van der Waals surface area contributed by atoms with Crippen molar-refractivity contribution in [3.8, 4) is 0 Å². The van der Waals surface area contributed by atoms with Crippen LogP contribution in [0.5, 0.6) is 0 Å². The second kappa shape index (κ2) is 5.89. The first-order valence-electron chi connectivity index (χ1n) is 6.40. The fourth-order valence-corrected chi connectivity index (χ4v) is 2.71. The van der Waals surface area contributed by atoms with Gasteiger partial charge in [0.2, 0.25) is 0 Å². The van der Waals surface area contributed by atoms with Crippen LogP contribution in [0.15, 0.2) is 0 Å². The van der Waals surface area contributed by atoms with Crippen LogP contribution in [0.2, 0.25) is 0 Å². The van der Waals surface area contributed by atoms with Gasteiger partial charge < -0.3 is 5.32 Å². The molecule has 1 heterocycles. The third-order valence-corrected chi connectivity index (χ3v) is 3.77. The summed E-state index contributed by atoms with van der Waals surface area (Å²) in [7, 11) is 2.17. The summed E-state index contributed by atoms with van der Waals surface area (Å²) in [6, 6.07) is 0.805. The second-order valence-corrected chi connectivity index (χ2v) is 6.04. The third kappa shape index (κ3) is 4.01. The van der Waals surface area contributed by atoms with Gasteiger partial charge in [-0.05, 0) is 37.3 Å². The standard InChI is InChI=1S/C12H22N4S/c1-9(2)12-11(17-15-14-12)8-16(3)7-6-13-10-4-5-10/h9-10,13H,4-8H2,1-3H3. The van der Waals surface area contributed by atoms with Crippen molar-refractivity contribution < 1.29 is 0 Å². The predicted octanol–water partition coefficient (Wildman–Crippen LogP) is 1.85. The molecule has 1 fully saturated rings. The first kappa shape index (κ1) is 12.9. The Balaban J connectivity index is 1.75. The van der Waals surface area contributed by atoms with E-state index in [0.717, 1.165) is 31.4 Å². The van der Waals surface area contributed by atoms with Crippen LogP contribution < -0.4 is 5.32 Å². The highest BCUT2D eigenvalue weighted by atomic mass is 32.1. The molecule has 1 aromatic rings. The van der Waals surface area contributed by atoms with E-state index in [1.807, 2.05) is 0 Å². The van der Waals surface area contributed by atoms with Crippen LogP contribution in [-0.4, -0.2) is 40.7 Å². The van der Waals surface area contributed by atoms with Gasteiger partial charge in [-0.1, -0.05) is 18.3 Å². The zero-order valence-corrected chi connectivity index (χ0v) is 11.8. The summed E-state index contributed by atoms with van der Waals surface area (Å²) >= 11 is 1.54. The lowest BCUT2D eigenvalue weighted by atomic mass is 10.1. The fourth-order valence-electron chi connectivity index (χ4n) is 1.83. The molecule has 4 nitrogen and oxygen atoms in total. The lowest BCUT2D eigenvalue weighted by Gasteiger charge is -2.16. The quantitative estimate of drug-likeness (QED) is 0.806. The summed E-state index contributed by atoms with van der Waals surface area (Å²) in [5.74, 6) is 0.474. The molecule has 96 valence electrons. The van der Waals surface area contributed by atoms with Gasteiger partial charge in [-0.2, -0.15) is 0 Å². The zero-order valence-electron chi connectivity index (χ0n) is 10.9. The van der Waals surface area contributed by atoms with Crippen molar-refractivity contribution >= 4 is 11.5 Å². The van der Waals surface area contributed by atoms with Gasteiger partial charge in [0.15, 0.2) is 0 Å². The first-order valence-corrected chi connectivity index (χ1v) is 7.17. The number of rotatable bonds is 7. The predicted molar refractivity (Wildman–Crippen MR) is 71.4 cm³/mol. The van der Waals surface area contributed by atoms with E-state index in [1.54, 1.807) is 0 Å². The van der Waals surface area contributed by atoms with Crippen LogP contribution in [-0.2, 0) is 6.54 Å². The molecule has 0 aromatic carbocycles. The molecule has 0 bridgehead atoms. The van der Waals surface area contributed by atoms with E-state index in [9.17, 15) is 0 Å². The van der Waals surface area contributed by atoms with Crippen molar-refractivity contribution in [2.75, 3.05) is 20.1 Å². The van der Waals surface area contributed by atoms with Crippen molar-refractivity contribution in [3.05, 3.63) is 10.6 Å². The number of likely N-dealkylation sites (N-methyl/N-ethyl adjacent to an activating group) is 1. The van der Waals surface area contributed by atoms with Crippen molar-refractivity contribution in [1.29, 1.82) is 0 Å².